The molecule has 0 saturated carbocycles. The summed E-state index contributed by atoms with van der Waals surface area (Å²) in [5, 5.41) is 21.5. The quantitative estimate of drug-likeness (QED) is 0.243. The first-order chi connectivity index (χ1) is 16.3. The predicted molar refractivity (Wildman–Crippen MR) is 132 cm³/mol. The van der Waals surface area contributed by atoms with Crippen LogP contribution in [0.15, 0.2) is 72.3 Å². The van der Waals surface area contributed by atoms with Crippen molar-refractivity contribution in [3.63, 3.8) is 0 Å². The lowest BCUT2D eigenvalue weighted by atomic mass is 9.95. The summed E-state index contributed by atoms with van der Waals surface area (Å²) in [6.07, 6.45) is 0.853. The average molecular weight is 498 g/mol. The number of amides is 1. The molecule has 0 radical (unpaired) electrons. The molecule has 0 bridgehead atoms. The normalized spacial score (nSPS) is 17.3. The largest absolute Gasteiger partial charge is 0.508 e. The summed E-state index contributed by atoms with van der Waals surface area (Å²) in [5.74, 6) is -1.36. The highest BCUT2D eigenvalue weighted by Gasteiger charge is 2.47. The Labute approximate surface area is 206 Å². The van der Waals surface area contributed by atoms with Gasteiger partial charge in [-0.3, -0.25) is 14.5 Å². The van der Waals surface area contributed by atoms with Crippen LogP contribution in [0.25, 0.3) is 5.76 Å². The minimum absolute atomic E-state index is 0.0224. The monoisotopic (exact) mass is 497 g/mol. The van der Waals surface area contributed by atoms with Crippen LogP contribution in [0.5, 0.6) is 11.5 Å². The number of hydrogen-bond acceptors (Lipinski definition) is 5. The van der Waals surface area contributed by atoms with Gasteiger partial charge in [0.1, 0.15) is 17.3 Å². The number of halogens is 2. The summed E-state index contributed by atoms with van der Waals surface area (Å²) >= 11 is 12.3. The summed E-state index contributed by atoms with van der Waals surface area (Å²) in [6, 6.07) is 16.3. The molecule has 1 atom stereocenters. The summed E-state index contributed by atoms with van der Waals surface area (Å²) in [5.41, 5.74) is 1.08. The molecule has 8 heteroatoms. The molecule has 3 aromatic rings. The van der Waals surface area contributed by atoms with Crippen molar-refractivity contribution in [3.8, 4) is 11.5 Å². The van der Waals surface area contributed by atoms with E-state index in [2.05, 4.69) is 0 Å². The standard InChI is InChI=1S/C26H21Cl2NO5/c1-2-11-34-21-9-5-16(6-10-21)24(31)22-23(15-3-7-20(30)8-4-15)29(26(33)25(22)32)19-13-17(27)12-18(28)14-19/h3-10,12-14,23,30-31H,2,11H2,1H3/b24-22+. The van der Waals surface area contributed by atoms with Crippen molar-refractivity contribution in [2.45, 2.75) is 19.4 Å². The minimum atomic E-state index is -0.967. The van der Waals surface area contributed by atoms with E-state index in [1.165, 1.54) is 35.2 Å². The lowest BCUT2D eigenvalue weighted by Crippen LogP contribution is -2.29. The Morgan fingerprint density at radius 3 is 2.18 bits per heavy atom. The molecule has 1 aliphatic heterocycles. The van der Waals surface area contributed by atoms with Crippen LogP contribution in [0.1, 0.15) is 30.5 Å². The van der Waals surface area contributed by atoms with Gasteiger partial charge < -0.3 is 14.9 Å². The van der Waals surface area contributed by atoms with Gasteiger partial charge in [0.2, 0.25) is 0 Å². The van der Waals surface area contributed by atoms with Crippen LogP contribution < -0.4 is 9.64 Å². The zero-order valence-electron chi connectivity index (χ0n) is 18.2. The number of ether oxygens (including phenoxy) is 1. The summed E-state index contributed by atoms with van der Waals surface area (Å²) in [7, 11) is 0. The number of benzene rings is 3. The maximum absolute atomic E-state index is 13.2. The lowest BCUT2D eigenvalue weighted by molar-refractivity contribution is -0.132. The summed E-state index contributed by atoms with van der Waals surface area (Å²) in [6.45, 7) is 2.55. The van der Waals surface area contributed by atoms with Gasteiger partial charge in [0, 0.05) is 21.3 Å². The molecule has 0 spiro atoms. The van der Waals surface area contributed by atoms with Crippen LogP contribution in [-0.2, 0) is 9.59 Å². The van der Waals surface area contributed by atoms with E-state index in [0.29, 0.717) is 29.2 Å². The number of carbonyl (C=O) groups excluding carboxylic acids is 2. The lowest BCUT2D eigenvalue weighted by Gasteiger charge is -2.26. The number of phenols is 1. The highest BCUT2D eigenvalue weighted by Crippen LogP contribution is 2.43. The molecular weight excluding hydrogens is 477 g/mol. The van der Waals surface area contributed by atoms with E-state index in [4.69, 9.17) is 27.9 Å². The predicted octanol–water partition coefficient (Wildman–Crippen LogP) is 6.11. The number of hydrogen-bond donors (Lipinski definition) is 2. The smallest absolute Gasteiger partial charge is 0.300 e. The van der Waals surface area contributed by atoms with Crippen LogP contribution in [0.2, 0.25) is 10.0 Å². The number of phenolic OH excluding ortho intramolecular Hbond substituents is 1. The van der Waals surface area contributed by atoms with Crippen molar-refractivity contribution in [2.24, 2.45) is 0 Å². The van der Waals surface area contributed by atoms with Crippen molar-refractivity contribution in [2.75, 3.05) is 11.5 Å². The van der Waals surface area contributed by atoms with E-state index < -0.39 is 17.7 Å². The Morgan fingerprint density at radius 2 is 1.59 bits per heavy atom. The van der Waals surface area contributed by atoms with Crippen molar-refractivity contribution in [1.29, 1.82) is 0 Å². The number of aromatic hydroxyl groups is 1. The Morgan fingerprint density at radius 1 is 0.971 bits per heavy atom. The Hall–Kier alpha value is -3.48. The Bertz CT molecular complexity index is 1250. The van der Waals surface area contributed by atoms with Gasteiger partial charge in [0.25, 0.3) is 11.7 Å². The molecule has 0 aliphatic carbocycles. The van der Waals surface area contributed by atoms with Crippen molar-refractivity contribution >= 4 is 46.3 Å². The first-order valence-electron chi connectivity index (χ1n) is 10.6. The number of aliphatic hydroxyl groups excluding tert-OH is 1. The third-order valence-corrected chi connectivity index (χ3v) is 5.82. The number of carbonyl (C=O) groups is 2. The number of nitrogens with zero attached hydrogens (tertiary/aromatic N) is 1. The van der Waals surface area contributed by atoms with Gasteiger partial charge in [-0.15, -0.1) is 0 Å². The van der Waals surface area contributed by atoms with E-state index in [0.717, 1.165) is 6.42 Å². The van der Waals surface area contributed by atoms with Crippen molar-refractivity contribution < 1.29 is 24.5 Å². The van der Waals surface area contributed by atoms with E-state index >= 15 is 0 Å². The van der Waals surface area contributed by atoms with E-state index in [-0.39, 0.29) is 27.1 Å². The third kappa shape index (κ3) is 4.60. The van der Waals surface area contributed by atoms with Crippen LogP contribution >= 0.6 is 23.2 Å². The zero-order valence-corrected chi connectivity index (χ0v) is 19.7. The highest BCUT2D eigenvalue weighted by molar-refractivity contribution is 6.52. The van der Waals surface area contributed by atoms with Gasteiger partial charge in [0.15, 0.2) is 0 Å². The van der Waals surface area contributed by atoms with Gasteiger partial charge in [0.05, 0.1) is 18.2 Å². The molecule has 3 aromatic carbocycles. The second-order valence-corrected chi connectivity index (χ2v) is 8.63. The van der Waals surface area contributed by atoms with E-state index in [1.807, 2.05) is 6.92 Å². The topological polar surface area (TPSA) is 87.1 Å². The molecule has 1 aliphatic rings. The molecule has 1 heterocycles. The average Bonchev–Trinajstić information content (AvgIpc) is 3.08. The molecule has 1 amide bonds. The van der Waals surface area contributed by atoms with Crippen molar-refractivity contribution in [1.82, 2.24) is 0 Å². The number of anilines is 1. The molecule has 1 unspecified atom stereocenters. The van der Waals surface area contributed by atoms with Gasteiger partial charge in [-0.05, 0) is 66.6 Å². The second kappa shape index (κ2) is 9.79. The van der Waals surface area contributed by atoms with E-state index in [9.17, 15) is 19.8 Å². The molecule has 1 saturated heterocycles. The highest BCUT2D eigenvalue weighted by atomic mass is 35.5. The minimum Gasteiger partial charge on any atom is -0.508 e. The van der Waals surface area contributed by atoms with Gasteiger partial charge in [-0.25, -0.2) is 0 Å². The SMILES string of the molecule is CCCOc1ccc(/C(O)=C2\C(=O)C(=O)N(c3cc(Cl)cc(Cl)c3)C2c2ccc(O)cc2)cc1. The van der Waals surface area contributed by atoms with Crippen molar-refractivity contribution in [3.05, 3.63) is 93.5 Å². The fraction of sp³-hybridized carbons (Fsp3) is 0.154. The molecule has 6 nitrogen and oxygen atoms in total. The number of Topliss-reactive ketones (excluding diaryl/α,β-unsaturated/α-hetero) is 1. The molecule has 174 valence electrons. The molecule has 0 aromatic heterocycles. The summed E-state index contributed by atoms with van der Waals surface area (Å²) < 4.78 is 5.58. The number of ketones is 1. The van der Waals surface area contributed by atoms with Crippen LogP contribution in [0.3, 0.4) is 0 Å². The third-order valence-electron chi connectivity index (χ3n) is 5.38. The molecule has 34 heavy (non-hydrogen) atoms. The molecule has 2 N–H and O–H groups in total. The summed E-state index contributed by atoms with van der Waals surface area (Å²) in [4.78, 5) is 27.6. The van der Waals surface area contributed by atoms with E-state index in [1.54, 1.807) is 36.4 Å². The maximum atomic E-state index is 13.2. The fourth-order valence-electron chi connectivity index (χ4n) is 3.83. The Balaban J connectivity index is 1.87. The Kier molecular flexibility index (Phi) is 6.82. The van der Waals surface area contributed by atoms with Crippen LogP contribution in [-0.4, -0.2) is 28.5 Å². The number of rotatable bonds is 6. The van der Waals surface area contributed by atoms with Gasteiger partial charge in [-0.1, -0.05) is 42.3 Å². The molecule has 4 rings (SSSR count). The second-order valence-electron chi connectivity index (χ2n) is 7.76. The number of aliphatic hydroxyl groups is 1. The van der Waals surface area contributed by atoms with Crippen LogP contribution in [0, 0.1) is 0 Å². The molecular formula is C26H21Cl2NO5. The zero-order chi connectivity index (χ0) is 24.4. The van der Waals surface area contributed by atoms with Gasteiger partial charge in [-0.2, -0.15) is 0 Å². The first kappa shape index (κ1) is 23.7. The van der Waals surface area contributed by atoms with Gasteiger partial charge >= 0.3 is 0 Å². The fourth-order valence-corrected chi connectivity index (χ4v) is 4.35. The maximum Gasteiger partial charge on any atom is 0.300 e. The first-order valence-corrected chi connectivity index (χ1v) is 11.3. The molecule has 1 fully saturated rings. The van der Waals surface area contributed by atoms with Crippen LogP contribution in [0.4, 0.5) is 5.69 Å².